The van der Waals surface area contributed by atoms with Gasteiger partial charge in [-0.3, -0.25) is 4.79 Å². The largest absolute Gasteiger partial charge is 0.466 e. The van der Waals surface area contributed by atoms with Gasteiger partial charge in [0.05, 0.1) is 12.5 Å². The molecule has 0 aromatic carbocycles. The van der Waals surface area contributed by atoms with Crippen molar-refractivity contribution in [1.29, 1.82) is 0 Å². The molecule has 0 unspecified atom stereocenters. The summed E-state index contributed by atoms with van der Waals surface area (Å²) in [5.41, 5.74) is 10.8. The summed E-state index contributed by atoms with van der Waals surface area (Å²) >= 11 is 0. The summed E-state index contributed by atoms with van der Waals surface area (Å²) in [7, 11) is 0. The van der Waals surface area contributed by atoms with Crippen LogP contribution in [0.15, 0.2) is 0 Å². The lowest BCUT2D eigenvalue weighted by Crippen LogP contribution is -2.51. The zero-order valence-corrected chi connectivity index (χ0v) is 8.67. The highest BCUT2D eigenvalue weighted by atomic mass is 16.5. The Kier molecular flexibility index (Phi) is 4.95. The van der Waals surface area contributed by atoms with Crippen LogP contribution in [0, 0.1) is 5.92 Å². The average molecular weight is 188 g/mol. The van der Waals surface area contributed by atoms with Crippen LogP contribution in [0.3, 0.4) is 0 Å². The second-order valence-corrected chi connectivity index (χ2v) is 3.40. The first-order chi connectivity index (χ1) is 5.99. The second-order valence-electron chi connectivity index (χ2n) is 3.40. The molecule has 0 amide bonds. The van der Waals surface area contributed by atoms with E-state index in [2.05, 4.69) is 0 Å². The van der Waals surface area contributed by atoms with Gasteiger partial charge >= 0.3 is 5.97 Å². The fourth-order valence-electron chi connectivity index (χ4n) is 1.12. The highest BCUT2D eigenvalue weighted by Crippen LogP contribution is 2.18. The van der Waals surface area contributed by atoms with Gasteiger partial charge in [-0.25, -0.2) is 0 Å². The molecule has 0 bridgehead atoms. The molecule has 0 heterocycles. The van der Waals surface area contributed by atoms with Gasteiger partial charge in [-0.15, -0.1) is 0 Å². The minimum atomic E-state index is -0.568. The number of esters is 1. The average Bonchev–Trinajstić information content (AvgIpc) is 2.05. The van der Waals surface area contributed by atoms with Crippen molar-refractivity contribution < 1.29 is 9.53 Å². The van der Waals surface area contributed by atoms with Gasteiger partial charge in [0, 0.05) is 12.1 Å². The Morgan fingerprint density at radius 3 is 2.38 bits per heavy atom. The van der Waals surface area contributed by atoms with Crippen molar-refractivity contribution in [3.8, 4) is 0 Å². The third-order valence-electron chi connectivity index (χ3n) is 2.36. The number of ether oxygens (including phenoxy) is 1. The van der Waals surface area contributed by atoms with Crippen LogP contribution in [0.1, 0.15) is 27.2 Å². The third kappa shape index (κ3) is 3.32. The number of carbonyl (C=O) groups excluding carboxylic acids is 1. The lowest BCUT2D eigenvalue weighted by Gasteiger charge is -2.30. The van der Waals surface area contributed by atoms with Crippen molar-refractivity contribution >= 4 is 5.97 Å². The molecule has 0 saturated heterocycles. The van der Waals surface area contributed by atoms with Gasteiger partial charge in [0.15, 0.2) is 0 Å². The monoisotopic (exact) mass is 188 g/mol. The summed E-state index contributed by atoms with van der Waals surface area (Å²) < 4.78 is 4.88. The molecule has 0 saturated carbocycles. The molecule has 2 atom stereocenters. The summed E-state index contributed by atoms with van der Waals surface area (Å²) in [5, 5.41) is 0. The summed E-state index contributed by atoms with van der Waals surface area (Å²) in [4.78, 5) is 11.4. The van der Waals surface area contributed by atoms with Crippen LogP contribution in [-0.4, -0.2) is 24.7 Å². The lowest BCUT2D eigenvalue weighted by atomic mass is 9.84. The minimum Gasteiger partial charge on any atom is -0.466 e. The molecule has 4 N–H and O–H groups in total. The van der Waals surface area contributed by atoms with Crippen molar-refractivity contribution in [2.75, 3.05) is 13.2 Å². The maximum atomic E-state index is 11.4. The fourth-order valence-corrected chi connectivity index (χ4v) is 1.12. The predicted molar refractivity (Wildman–Crippen MR) is 52.1 cm³/mol. The molecule has 0 aromatic rings. The van der Waals surface area contributed by atoms with Crippen molar-refractivity contribution in [2.45, 2.75) is 32.7 Å². The quantitative estimate of drug-likeness (QED) is 0.606. The smallest absolute Gasteiger partial charge is 0.312 e. The van der Waals surface area contributed by atoms with E-state index in [9.17, 15) is 4.79 Å². The van der Waals surface area contributed by atoms with Crippen LogP contribution in [0.25, 0.3) is 0 Å². The highest BCUT2D eigenvalue weighted by molar-refractivity contribution is 5.74. The van der Waals surface area contributed by atoms with Gasteiger partial charge < -0.3 is 16.2 Å². The van der Waals surface area contributed by atoms with Crippen LogP contribution in [-0.2, 0) is 9.53 Å². The lowest BCUT2D eigenvalue weighted by molar-refractivity contribution is -0.149. The molecule has 4 heteroatoms. The Bertz CT molecular complexity index is 169. The van der Waals surface area contributed by atoms with Gasteiger partial charge in [0.25, 0.3) is 0 Å². The molecular weight excluding hydrogens is 168 g/mol. The maximum Gasteiger partial charge on any atom is 0.312 e. The van der Waals surface area contributed by atoms with E-state index in [0.29, 0.717) is 13.0 Å². The molecule has 0 aliphatic heterocycles. The summed E-state index contributed by atoms with van der Waals surface area (Å²) in [6.45, 7) is 6.13. The molecule has 0 fully saturated rings. The van der Waals surface area contributed by atoms with Gasteiger partial charge in [-0.2, -0.15) is 0 Å². The summed E-state index contributed by atoms with van der Waals surface area (Å²) in [5.74, 6) is -0.700. The van der Waals surface area contributed by atoms with E-state index in [1.807, 2.05) is 13.8 Å². The minimum absolute atomic E-state index is 0.236. The number of hydrogen-bond acceptors (Lipinski definition) is 4. The van der Waals surface area contributed by atoms with Crippen molar-refractivity contribution in [2.24, 2.45) is 17.4 Å². The number of rotatable bonds is 5. The van der Waals surface area contributed by atoms with Crippen molar-refractivity contribution in [1.82, 2.24) is 0 Å². The van der Waals surface area contributed by atoms with E-state index in [1.54, 1.807) is 6.92 Å². The van der Waals surface area contributed by atoms with Crippen LogP contribution < -0.4 is 11.5 Å². The highest BCUT2D eigenvalue weighted by Gasteiger charge is 2.34. The van der Waals surface area contributed by atoms with Gasteiger partial charge in [0.2, 0.25) is 0 Å². The first kappa shape index (κ1) is 12.4. The number of nitrogens with two attached hydrogens (primary N) is 2. The maximum absolute atomic E-state index is 11.4. The molecule has 78 valence electrons. The summed E-state index contributed by atoms with van der Waals surface area (Å²) in [6.07, 6.45) is 0.702. The second kappa shape index (κ2) is 5.19. The Morgan fingerprint density at radius 1 is 1.54 bits per heavy atom. The zero-order chi connectivity index (χ0) is 10.5. The first-order valence-corrected chi connectivity index (χ1v) is 4.65. The molecule has 0 aromatic heterocycles. The van der Waals surface area contributed by atoms with Crippen LogP contribution in [0.5, 0.6) is 0 Å². The Hall–Kier alpha value is -0.610. The van der Waals surface area contributed by atoms with Gasteiger partial charge in [0.1, 0.15) is 0 Å². The predicted octanol–water partition coefficient (Wildman–Crippen LogP) is 0.252. The van der Waals surface area contributed by atoms with E-state index in [1.165, 1.54) is 0 Å². The molecule has 0 radical (unpaired) electrons. The van der Waals surface area contributed by atoms with Gasteiger partial charge in [-0.1, -0.05) is 6.92 Å². The Morgan fingerprint density at radius 2 is 2.08 bits per heavy atom. The summed E-state index contributed by atoms with van der Waals surface area (Å²) in [6, 6.07) is 0. The van der Waals surface area contributed by atoms with Crippen LogP contribution in [0.4, 0.5) is 0 Å². The standard InChI is InChI=1S/C9H20N2O2/c1-4-9(3,11)7(6-10)8(12)13-5-2/h7H,4-6,10-11H2,1-3H3/t7-,9+/m0/s1. The molecule has 0 aliphatic carbocycles. The topological polar surface area (TPSA) is 78.3 Å². The fraction of sp³-hybridized carbons (Fsp3) is 0.889. The molecule has 0 aliphatic rings. The van der Waals surface area contributed by atoms with Crippen molar-refractivity contribution in [3.05, 3.63) is 0 Å². The molecular formula is C9H20N2O2. The van der Waals surface area contributed by atoms with Crippen LogP contribution >= 0.6 is 0 Å². The molecule has 0 rings (SSSR count). The number of hydrogen-bond donors (Lipinski definition) is 2. The Labute approximate surface area is 79.6 Å². The molecule has 13 heavy (non-hydrogen) atoms. The van der Waals surface area contributed by atoms with E-state index >= 15 is 0 Å². The van der Waals surface area contributed by atoms with E-state index < -0.39 is 11.5 Å². The van der Waals surface area contributed by atoms with E-state index in [4.69, 9.17) is 16.2 Å². The molecule has 0 spiro atoms. The normalized spacial score (nSPS) is 17.6. The Balaban J connectivity index is 4.40. The van der Waals surface area contributed by atoms with E-state index in [-0.39, 0.29) is 12.5 Å². The van der Waals surface area contributed by atoms with Gasteiger partial charge in [-0.05, 0) is 20.3 Å². The number of carbonyl (C=O) groups is 1. The first-order valence-electron chi connectivity index (χ1n) is 4.65. The third-order valence-corrected chi connectivity index (χ3v) is 2.36. The SMILES string of the molecule is CCOC(=O)[C@H](CN)[C@](C)(N)CC. The van der Waals surface area contributed by atoms with E-state index in [0.717, 1.165) is 0 Å². The zero-order valence-electron chi connectivity index (χ0n) is 8.67. The molecule has 4 nitrogen and oxygen atoms in total. The van der Waals surface area contributed by atoms with Crippen molar-refractivity contribution in [3.63, 3.8) is 0 Å². The van der Waals surface area contributed by atoms with Crippen LogP contribution in [0.2, 0.25) is 0 Å².